The molecule has 0 saturated heterocycles. The van der Waals surface area contributed by atoms with Crippen molar-refractivity contribution in [1.82, 2.24) is 14.3 Å². The van der Waals surface area contributed by atoms with Gasteiger partial charge in [0, 0.05) is 6.20 Å². The Morgan fingerprint density at radius 2 is 2.08 bits per heavy atom. The first-order chi connectivity index (χ1) is 6.45. The standard InChI is InChI=1S/C9H5N3S/c1-2-7-8(11-5-10-7)9-6(1)3-4-12-13-9/h1-5H. The molecular weight excluding hydrogens is 182 g/mol. The second kappa shape index (κ2) is 2.47. The minimum Gasteiger partial charge on any atom is -0.235 e. The van der Waals surface area contributed by atoms with E-state index in [4.69, 9.17) is 0 Å². The van der Waals surface area contributed by atoms with Gasteiger partial charge in [-0.05, 0) is 29.1 Å². The summed E-state index contributed by atoms with van der Waals surface area (Å²) in [6, 6.07) is 6.02. The summed E-state index contributed by atoms with van der Waals surface area (Å²) in [5.41, 5.74) is 1.90. The van der Waals surface area contributed by atoms with Crippen LogP contribution in [0.15, 0.2) is 30.7 Å². The van der Waals surface area contributed by atoms with Gasteiger partial charge in [-0.2, -0.15) is 0 Å². The molecule has 0 aliphatic rings. The Balaban J connectivity index is 2.65. The fraction of sp³-hybridized carbons (Fsp3) is 0. The van der Waals surface area contributed by atoms with Crippen LogP contribution in [0.2, 0.25) is 0 Å². The van der Waals surface area contributed by atoms with Crippen LogP contribution in [0.4, 0.5) is 0 Å². The molecule has 13 heavy (non-hydrogen) atoms. The second-order valence-corrected chi connectivity index (χ2v) is 3.54. The van der Waals surface area contributed by atoms with Crippen LogP contribution in [-0.4, -0.2) is 14.3 Å². The van der Waals surface area contributed by atoms with Crippen LogP contribution in [0.3, 0.4) is 0 Å². The average Bonchev–Trinajstić information content (AvgIpc) is 2.65. The van der Waals surface area contributed by atoms with Gasteiger partial charge in [0.2, 0.25) is 0 Å². The Bertz CT molecular complexity index is 573. The quantitative estimate of drug-likeness (QED) is 0.541. The van der Waals surface area contributed by atoms with E-state index in [-0.39, 0.29) is 0 Å². The Morgan fingerprint density at radius 3 is 3.08 bits per heavy atom. The molecule has 1 aromatic carbocycles. The first-order valence-electron chi connectivity index (χ1n) is 3.89. The van der Waals surface area contributed by atoms with Crippen molar-refractivity contribution in [3.8, 4) is 0 Å². The zero-order chi connectivity index (χ0) is 8.67. The summed E-state index contributed by atoms with van der Waals surface area (Å²) in [5.74, 6) is 0. The van der Waals surface area contributed by atoms with Crippen LogP contribution >= 0.6 is 11.5 Å². The molecule has 3 rings (SSSR count). The normalized spacial score (nSPS) is 11.1. The van der Waals surface area contributed by atoms with E-state index in [2.05, 4.69) is 14.3 Å². The molecule has 2 heterocycles. The number of fused-ring (bicyclic) bond motifs is 3. The number of nitrogens with zero attached hydrogens (tertiary/aromatic N) is 3. The zero-order valence-corrected chi connectivity index (χ0v) is 7.45. The Labute approximate surface area is 78.2 Å². The first kappa shape index (κ1) is 6.91. The molecule has 0 spiro atoms. The van der Waals surface area contributed by atoms with E-state index < -0.39 is 0 Å². The minimum atomic E-state index is 0.941. The lowest BCUT2D eigenvalue weighted by Gasteiger charge is -1.94. The average molecular weight is 187 g/mol. The molecule has 0 unspecified atom stereocenters. The molecule has 0 aliphatic carbocycles. The molecule has 0 radical (unpaired) electrons. The van der Waals surface area contributed by atoms with Crippen LogP contribution in [0.5, 0.6) is 0 Å². The van der Waals surface area contributed by atoms with E-state index >= 15 is 0 Å². The van der Waals surface area contributed by atoms with E-state index in [9.17, 15) is 0 Å². The molecule has 0 atom stereocenters. The molecule has 0 N–H and O–H groups in total. The number of imidazole rings is 1. The van der Waals surface area contributed by atoms with Crippen LogP contribution < -0.4 is 0 Å². The highest BCUT2D eigenvalue weighted by Gasteiger charge is 2.02. The summed E-state index contributed by atoms with van der Waals surface area (Å²) in [4.78, 5) is 8.34. The summed E-state index contributed by atoms with van der Waals surface area (Å²) in [5, 5.41) is 1.17. The molecule has 0 fully saturated rings. The number of benzene rings is 1. The molecule has 0 saturated carbocycles. The monoisotopic (exact) mass is 187 g/mol. The van der Waals surface area contributed by atoms with Crippen LogP contribution in [0, 0.1) is 0 Å². The lowest BCUT2D eigenvalue weighted by Crippen LogP contribution is -1.74. The van der Waals surface area contributed by atoms with Crippen LogP contribution in [0.25, 0.3) is 21.1 Å². The van der Waals surface area contributed by atoms with Gasteiger partial charge in [-0.25, -0.2) is 14.3 Å². The van der Waals surface area contributed by atoms with Gasteiger partial charge in [0.1, 0.15) is 11.8 Å². The molecule has 62 valence electrons. The number of rotatable bonds is 0. The third-order valence-corrected chi connectivity index (χ3v) is 2.82. The van der Waals surface area contributed by atoms with Crippen molar-refractivity contribution in [3.05, 3.63) is 30.7 Å². The number of aromatic nitrogens is 3. The van der Waals surface area contributed by atoms with Crippen molar-refractivity contribution in [2.75, 3.05) is 0 Å². The van der Waals surface area contributed by atoms with E-state index in [1.807, 2.05) is 18.2 Å². The van der Waals surface area contributed by atoms with E-state index in [1.54, 1.807) is 12.5 Å². The predicted octanol–water partition coefficient (Wildman–Crippen LogP) is 2.24. The van der Waals surface area contributed by atoms with Crippen LogP contribution in [0.1, 0.15) is 0 Å². The van der Waals surface area contributed by atoms with E-state index in [1.165, 1.54) is 16.9 Å². The molecule has 0 amide bonds. The molecule has 3 nitrogen and oxygen atoms in total. The highest BCUT2D eigenvalue weighted by atomic mass is 32.1. The second-order valence-electron chi connectivity index (χ2n) is 2.74. The molecule has 4 heteroatoms. The molecule has 0 bridgehead atoms. The molecule has 3 aromatic rings. The lowest BCUT2D eigenvalue weighted by molar-refractivity contribution is 1.35. The van der Waals surface area contributed by atoms with Gasteiger partial charge in [-0.3, -0.25) is 0 Å². The van der Waals surface area contributed by atoms with Gasteiger partial charge < -0.3 is 0 Å². The van der Waals surface area contributed by atoms with Gasteiger partial charge in [0.05, 0.1) is 10.2 Å². The third-order valence-electron chi connectivity index (χ3n) is 1.98. The topological polar surface area (TPSA) is 38.7 Å². The third kappa shape index (κ3) is 0.922. The fourth-order valence-electron chi connectivity index (χ4n) is 1.38. The molecular formula is C9H5N3S. The van der Waals surface area contributed by atoms with Crippen molar-refractivity contribution >= 4 is 32.7 Å². The summed E-state index contributed by atoms with van der Waals surface area (Å²) in [6.07, 6.45) is 3.39. The molecule has 2 aromatic heterocycles. The molecule has 0 aliphatic heterocycles. The van der Waals surface area contributed by atoms with E-state index in [0.717, 1.165) is 15.7 Å². The smallest absolute Gasteiger partial charge is 0.116 e. The fourth-order valence-corrected chi connectivity index (χ4v) is 2.09. The highest BCUT2D eigenvalue weighted by molar-refractivity contribution is 7.13. The summed E-state index contributed by atoms with van der Waals surface area (Å²) >= 11 is 1.46. The largest absolute Gasteiger partial charge is 0.235 e. The maximum atomic E-state index is 4.21. The highest BCUT2D eigenvalue weighted by Crippen LogP contribution is 2.24. The predicted molar refractivity (Wildman–Crippen MR) is 52.7 cm³/mol. The summed E-state index contributed by atoms with van der Waals surface area (Å²) < 4.78 is 5.23. The Morgan fingerprint density at radius 1 is 1.08 bits per heavy atom. The lowest BCUT2D eigenvalue weighted by atomic mass is 10.2. The van der Waals surface area contributed by atoms with Crippen LogP contribution in [-0.2, 0) is 0 Å². The first-order valence-corrected chi connectivity index (χ1v) is 4.66. The van der Waals surface area contributed by atoms with Gasteiger partial charge in [0.15, 0.2) is 0 Å². The van der Waals surface area contributed by atoms with Gasteiger partial charge in [-0.15, -0.1) is 0 Å². The minimum absolute atomic E-state index is 0.941. The van der Waals surface area contributed by atoms with Crippen molar-refractivity contribution < 1.29 is 0 Å². The van der Waals surface area contributed by atoms with Crippen molar-refractivity contribution in [2.45, 2.75) is 0 Å². The number of hydrogen-bond donors (Lipinski definition) is 0. The SMILES string of the molecule is c1cc2ccc3ncnc3c2sn1. The van der Waals surface area contributed by atoms with Gasteiger partial charge >= 0.3 is 0 Å². The van der Waals surface area contributed by atoms with Crippen molar-refractivity contribution in [1.29, 1.82) is 0 Å². The van der Waals surface area contributed by atoms with Crippen molar-refractivity contribution in [3.63, 3.8) is 0 Å². The van der Waals surface area contributed by atoms with Crippen molar-refractivity contribution in [2.24, 2.45) is 0 Å². The Kier molecular flexibility index (Phi) is 1.31. The maximum absolute atomic E-state index is 4.21. The van der Waals surface area contributed by atoms with Gasteiger partial charge in [-0.1, -0.05) is 6.07 Å². The maximum Gasteiger partial charge on any atom is 0.116 e. The van der Waals surface area contributed by atoms with E-state index in [0.29, 0.717) is 0 Å². The Hall–Kier alpha value is -1.55. The number of hydrogen-bond acceptors (Lipinski definition) is 4. The summed E-state index contributed by atoms with van der Waals surface area (Å²) in [6.45, 7) is 0. The zero-order valence-electron chi connectivity index (χ0n) is 6.64. The summed E-state index contributed by atoms with van der Waals surface area (Å²) in [7, 11) is 0. The van der Waals surface area contributed by atoms with Gasteiger partial charge in [0.25, 0.3) is 0 Å².